The summed E-state index contributed by atoms with van der Waals surface area (Å²) in [5, 5.41) is 0. The zero-order chi connectivity index (χ0) is 18.8. The molecule has 0 saturated carbocycles. The molecular weight excluding hydrogens is 436 g/mol. The van der Waals surface area contributed by atoms with Crippen LogP contribution in [0.2, 0.25) is 0 Å². The summed E-state index contributed by atoms with van der Waals surface area (Å²) >= 11 is 2.27. The first-order chi connectivity index (χ1) is 12.6. The Hall–Kier alpha value is -1.94. The largest absolute Gasteiger partial charge is 2.00 e. The summed E-state index contributed by atoms with van der Waals surface area (Å²) in [6.45, 7) is 0. The summed E-state index contributed by atoms with van der Waals surface area (Å²) in [6.07, 6.45) is 0. The molecule has 0 aromatic heterocycles. The van der Waals surface area contributed by atoms with Crippen molar-refractivity contribution in [3.8, 4) is 0 Å². The van der Waals surface area contributed by atoms with E-state index in [9.17, 15) is 0 Å². The van der Waals surface area contributed by atoms with Gasteiger partial charge in [0.05, 0.1) is 9.74 Å². The van der Waals surface area contributed by atoms with Crippen LogP contribution >= 0.6 is 0 Å². The molecule has 0 fully saturated rings. The molecule has 0 aliphatic carbocycles. The van der Waals surface area contributed by atoms with Gasteiger partial charge in [-0.25, -0.2) is 0 Å². The predicted octanol–water partition coefficient (Wildman–Crippen LogP) is 3.55. The molecule has 2 N–H and O–H groups in total. The van der Waals surface area contributed by atoms with Crippen LogP contribution in [0, 0.1) is 0 Å². The van der Waals surface area contributed by atoms with Crippen molar-refractivity contribution in [1.82, 2.24) is 0 Å². The van der Waals surface area contributed by atoms with Gasteiger partial charge in [0, 0.05) is 23.5 Å². The van der Waals surface area contributed by atoms with E-state index in [2.05, 4.69) is 21.9 Å². The fraction of sp³-hybridized carbons (Fsp3) is 0.250. The summed E-state index contributed by atoms with van der Waals surface area (Å²) in [6, 6.07) is 15.4. The van der Waals surface area contributed by atoms with Crippen LogP contribution in [0.25, 0.3) is 21.9 Å². The number of rotatable bonds is 11. The predicted molar refractivity (Wildman–Crippen MR) is 106 cm³/mol. The fourth-order valence-corrected chi connectivity index (χ4v) is 4.16. The minimum atomic E-state index is 0. The molecule has 1 radical (unpaired) electrons. The smallest absolute Gasteiger partial charge is 0.741 e. The van der Waals surface area contributed by atoms with Crippen LogP contribution in [-0.2, 0) is 40.6 Å². The maximum absolute atomic E-state index is 9.08. The van der Waals surface area contributed by atoms with Crippen molar-refractivity contribution in [1.29, 1.82) is 0 Å². The second kappa shape index (κ2) is 12.4. The van der Waals surface area contributed by atoms with E-state index >= 15 is 0 Å². The van der Waals surface area contributed by atoms with Crippen molar-refractivity contribution in [3.63, 3.8) is 0 Å². The Morgan fingerprint density at radius 1 is 0.741 bits per heavy atom. The van der Waals surface area contributed by atoms with Gasteiger partial charge in [0.25, 0.3) is 0 Å². The first-order valence-electron chi connectivity index (χ1n) is 7.78. The van der Waals surface area contributed by atoms with Gasteiger partial charge in [-0.2, -0.15) is 0 Å². The monoisotopic (exact) mass is 457 g/mol. The zero-order valence-corrected chi connectivity index (χ0v) is 17.5. The Labute approximate surface area is 177 Å². The van der Waals surface area contributed by atoms with Crippen LogP contribution < -0.4 is 0 Å². The molecule has 11 heteroatoms. The zero-order valence-electron chi connectivity index (χ0n) is 14.8. The van der Waals surface area contributed by atoms with E-state index in [0.717, 1.165) is 56.2 Å². The van der Waals surface area contributed by atoms with Crippen LogP contribution in [0.15, 0.2) is 58.3 Å². The average Bonchev–Trinajstić information content (AvgIpc) is 2.63. The summed E-state index contributed by atoms with van der Waals surface area (Å²) in [5.41, 5.74) is 16.8. The fourth-order valence-electron chi connectivity index (χ4n) is 1.93. The molecule has 0 aliphatic heterocycles. The Morgan fingerprint density at radius 3 is 1.48 bits per heavy atom. The van der Waals surface area contributed by atoms with Crippen molar-refractivity contribution in [2.75, 3.05) is 25.6 Å². The van der Waals surface area contributed by atoms with Gasteiger partial charge >= 0.3 is 17.1 Å². The number of nitroso groups, excluding NO2 is 2. The van der Waals surface area contributed by atoms with Gasteiger partial charge in [-0.05, 0) is 21.9 Å². The topological polar surface area (TPSA) is 105 Å². The Balaban J connectivity index is 0.00000364. The molecule has 0 saturated heterocycles. The second-order valence-corrected chi connectivity index (χ2v) is 7.59. The van der Waals surface area contributed by atoms with Crippen LogP contribution in [0.3, 0.4) is 0 Å². The molecule has 27 heavy (non-hydrogen) atoms. The number of hydrogen-bond acceptors (Lipinski definition) is 0. The molecule has 0 heterocycles. The Kier molecular flexibility index (Phi) is 10.6. The first kappa shape index (κ1) is 23.1. The van der Waals surface area contributed by atoms with Crippen molar-refractivity contribution in [2.45, 2.75) is 9.79 Å². The molecule has 0 spiro atoms. The molecule has 0 atom stereocenters. The van der Waals surface area contributed by atoms with Crippen LogP contribution in [-0.4, -0.2) is 45.2 Å². The molecule has 0 amide bonds. The molecule has 2 rings (SSSR count). The first-order valence-corrected chi connectivity index (χ1v) is 9.94. The van der Waals surface area contributed by atoms with E-state index in [1.54, 1.807) is 0 Å². The standard InChI is InChI=1S/C16H18N6O2S2.Cu/c1-21(23)19-17-13-7-3-5-9-15(13)25-11-12-26-16-10-6-4-8-14(16)18-20-22(2)24;/h3-10H,11-12H2,1-2H3;/q-2;+2/p+4. The summed E-state index contributed by atoms with van der Waals surface area (Å²) < 4.78 is 0. The van der Waals surface area contributed by atoms with Gasteiger partial charge in [-0.1, -0.05) is 47.8 Å². The molecule has 8 nitrogen and oxygen atoms in total. The minimum Gasteiger partial charge on any atom is -0.741 e. The van der Waals surface area contributed by atoms with E-state index in [1.807, 2.05) is 48.5 Å². The van der Waals surface area contributed by atoms with Gasteiger partial charge in [0.15, 0.2) is 11.5 Å². The van der Waals surface area contributed by atoms with Gasteiger partial charge in [0.2, 0.25) is 14.1 Å². The average molecular weight is 458 g/mol. The maximum atomic E-state index is 9.08. The number of thiol groups is 2. The minimum absolute atomic E-state index is 0. The summed E-state index contributed by atoms with van der Waals surface area (Å²) in [7, 11) is 2.82. The van der Waals surface area contributed by atoms with Crippen molar-refractivity contribution < 1.29 is 36.6 Å². The van der Waals surface area contributed by atoms with Crippen molar-refractivity contribution in [2.24, 2.45) is 0 Å². The van der Waals surface area contributed by atoms with E-state index in [1.165, 1.54) is 14.1 Å². The van der Waals surface area contributed by atoms with Crippen molar-refractivity contribution in [3.05, 3.63) is 70.5 Å². The van der Waals surface area contributed by atoms with Gasteiger partial charge in [-0.15, -0.1) is 0 Å². The summed E-state index contributed by atoms with van der Waals surface area (Å²) in [5.74, 6) is 1.88. The quantitative estimate of drug-likeness (QED) is 0.123. The molecule has 147 valence electrons. The number of benzene rings is 2. The third-order valence-corrected chi connectivity index (χ3v) is 5.68. The normalized spacial score (nSPS) is 9.70. The third-order valence-electron chi connectivity index (χ3n) is 2.99. The molecule has 2 aromatic carbocycles. The van der Waals surface area contributed by atoms with E-state index < -0.39 is 0 Å². The molecular formula is C16H22CuN6O2S2+4. The van der Waals surface area contributed by atoms with Gasteiger partial charge in [0.1, 0.15) is 9.79 Å². The summed E-state index contributed by atoms with van der Waals surface area (Å²) in [4.78, 5) is 21.6. The molecule has 0 unspecified atom stereocenters. The van der Waals surface area contributed by atoms with E-state index in [0.29, 0.717) is 9.74 Å². The molecule has 2 aromatic rings. The van der Waals surface area contributed by atoms with Gasteiger partial charge < -0.3 is 21.9 Å². The third kappa shape index (κ3) is 8.52. The second-order valence-electron chi connectivity index (χ2n) is 5.10. The van der Waals surface area contributed by atoms with Crippen LogP contribution in [0.4, 0.5) is 11.4 Å². The van der Waals surface area contributed by atoms with Crippen LogP contribution in [0.5, 0.6) is 0 Å². The Morgan fingerprint density at radius 2 is 1.11 bits per heavy atom. The Bertz CT molecular complexity index is 702. The number of nitrogens with zero attached hydrogens (tertiary/aromatic N) is 6. The van der Waals surface area contributed by atoms with Crippen LogP contribution in [0.1, 0.15) is 0 Å². The van der Waals surface area contributed by atoms with E-state index in [4.69, 9.17) is 9.81 Å². The maximum Gasteiger partial charge on any atom is 2.00 e. The van der Waals surface area contributed by atoms with E-state index in [-0.39, 0.29) is 17.1 Å². The molecule has 0 aliphatic rings. The van der Waals surface area contributed by atoms with Crippen molar-refractivity contribution >= 4 is 34.9 Å². The number of hydrogen-bond donors (Lipinski definition) is 0. The molecule has 0 bridgehead atoms. The SMILES string of the molecule is C[N+](=[OH+])[N-][N-]c1ccccc1[SH+]CC[SH+]c1ccccc1[N-][N-][N+](C)=[OH+].[Cu+2]. The van der Waals surface area contributed by atoms with Gasteiger partial charge in [-0.3, -0.25) is 0 Å².